The zero-order valence-electron chi connectivity index (χ0n) is 14.9. The van der Waals surface area contributed by atoms with Gasteiger partial charge in [-0.2, -0.15) is 0 Å². The Labute approximate surface area is 164 Å². The number of hydrogen-bond acceptors (Lipinski definition) is 3. The second-order valence-electron chi connectivity index (χ2n) is 6.72. The molecule has 3 nitrogen and oxygen atoms in total. The van der Waals surface area contributed by atoms with Gasteiger partial charge in [-0.1, -0.05) is 18.5 Å². The van der Waals surface area contributed by atoms with Gasteiger partial charge in [0, 0.05) is 34.0 Å². The molecule has 1 amide bonds. The van der Waals surface area contributed by atoms with E-state index in [9.17, 15) is 23.1 Å². The van der Waals surface area contributed by atoms with Gasteiger partial charge < -0.3 is 10.4 Å². The smallest absolute Gasteiger partial charge is 0.255 e. The number of hydrogen-bond donors (Lipinski definition) is 2. The van der Waals surface area contributed by atoms with Gasteiger partial charge in [-0.3, -0.25) is 4.79 Å². The van der Waals surface area contributed by atoms with Crippen LogP contribution in [0.5, 0.6) is 0 Å². The zero-order valence-corrected chi connectivity index (χ0v) is 16.5. The van der Waals surface area contributed by atoms with Crippen LogP contribution >= 0.6 is 23.4 Å². The number of carbonyl (C=O) groups excluding carboxylic acids is 1. The Bertz CT molecular complexity index is 832. The molecular formula is C19H19ClF3NO2S. The lowest BCUT2D eigenvalue weighted by atomic mass is 9.95. The highest BCUT2D eigenvalue weighted by Gasteiger charge is 2.23. The number of carbonyl (C=O) groups is 1. The van der Waals surface area contributed by atoms with E-state index < -0.39 is 29.0 Å². The number of nitrogens with one attached hydrogen (secondary N) is 1. The van der Waals surface area contributed by atoms with Crippen LogP contribution in [0.25, 0.3) is 0 Å². The normalized spacial score (nSPS) is 12.7. The summed E-state index contributed by atoms with van der Waals surface area (Å²) in [5.41, 5.74) is -0.829. The number of anilines is 1. The summed E-state index contributed by atoms with van der Waals surface area (Å²) in [5.74, 6) is -4.45. The third-order valence-corrected chi connectivity index (χ3v) is 5.89. The molecule has 0 aliphatic rings. The first-order chi connectivity index (χ1) is 12.5. The molecule has 2 aromatic carbocycles. The van der Waals surface area contributed by atoms with Crippen molar-refractivity contribution in [3.8, 4) is 0 Å². The number of amides is 1. The van der Waals surface area contributed by atoms with Crippen LogP contribution in [-0.2, 0) is 0 Å². The quantitative estimate of drug-likeness (QED) is 0.481. The standard InChI is InChI=1S/C19H19ClF3NO2S/c1-10(19(2,3)26)9-27-16-6-11(4-5-13(16)20)18(25)24-12-7-14(21)17(23)15(22)8-12/h4-8,10,26H,9H2,1-3H3,(H,24,25). The molecule has 8 heteroatoms. The van der Waals surface area contributed by atoms with Crippen molar-refractivity contribution in [2.24, 2.45) is 5.92 Å². The predicted molar refractivity (Wildman–Crippen MR) is 102 cm³/mol. The van der Waals surface area contributed by atoms with E-state index in [0.29, 0.717) is 27.8 Å². The van der Waals surface area contributed by atoms with Crippen LogP contribution in [0, 0.1) is 23.4 Å². The summed E-state index contributed by atoms with van der Waals surface area (Å²) in [5, 5.41) is 12.8. The van der Waals surface area contributed by atoms with Crippen molar-refractivity contribution in [3.63, 3.8) is 0 Å². The first-order valence-electron chi connectivity index (χ1n) is 8.09. The van der Waals surface area contributed by atoms with Crippen molar-refractivity contribution in [2.45, 2.75) is 31.3 Å². The third kappa shape index (κ3) is 5.64. The highest BCUT2D eigenvalue weighted by Crippen LogP contribution is 2.32. The van der Waals surface area contributed by atoms with Crippen molar-refractivity contribution in [3.05, 3.63) is 58.4 Å². The maximum atomic E-state index is 13.3. The molecule has 0 saturated carbocycles. The summed E-state index contributed by atoms with van der Waals surface area (Å²) in [6.07, 6.45) is 0. The maximum absolute atomic E-state index is 13.3. The Balaban J connectivity index is 2.15. The second kappa shape index (κ2) is 8.54. The first-order valence-corrected chi connectivity index (χ1v) is 9.46. The van der Waals surface area contributed by atoms with Crippen LogP contribution in [0.1, 0.15) is 31.1 Å². The van der Waals surface area contributed by atoms with Gasteiger partial charge in [-0.05, 0) is 38.0 Å². The van der Waals surface area contributed by atoms with Crippen molar-refractivity contribution >= 4 is 35.0 Å². The largest absolute Gasteiger partial charge is 0.390 e. The topological polar surface area (TPSA) is 49.3 Å². The van der Waals surface area contributed by atoms with Gasteiger partial charge in [0.25, 0.3) is 5.91 Å². The summed E-state index contributed by atoms with van der Waals surface area (Å²) in [7, 11) is 0. The van der Waals surface area contributed by atoms with E-state index in [1.165, 1.54) is 17.8 Å². The Kier molecular flexibility index (Phi) is 6.83. The van der Waals surface area contributed by atoms with Gasteiger partial charge >= 0.3 is 0 Å². The molecule has 0 aliphatic heterocycles. The minimum Gasteiger partial charge on any atom is -0.390 e. The molecule has 0 saturated heterocycles. The van der Waals surface area contributed by atoms with E-state index in [2.05, 4.69) is 5.32 Å². The van der Waals surface area contributed by atoms with E-state index in [1.54, 1.807) is 26.0 Å². The van der Waals surface area contributed by atoms with Crippen molar-refractivity contribution in [2.75, 3.05) is 11.1 Å². The number of benzene rings is 2. The van der Waals surface area contributed by atoms with Gasteiger partial charge in [-0.25, -0.2) is 13.2 Å². The lowest BCUT2D eigenvalue weighted by Crippen LogP contribution is -2.30. The maximum Gasteiger partial charge on any atom is 0.255 e. The lowest BCUT2D eigenvalue weighted by molar-refractivity contribution is 0.0347. The van der Waals surface area contributed by atoms with E-state index in [1.807, 2.05) is 6.92 Å². The fourth-order valence-electron chi connectivity index (χ4n) is 2.00. The molecule has 146 valence electrons. The fraction of sp³-hybridized carbons (Fsp3) is 0.316. The van der Waals surface area contributed by atoms with Crippen LogP contribution in [0.3, 0.4) is 0 Å². The SMILES string of the molecule is CC(CSc1cc(C(=O)Nc2cc(F)c(F)c(F)c2)ccc1Cl)C(C)(C)O. The van der Waals surface area contributed by atoms with E-state index in [4.69, 9.17) is 11.6 Å². The fourth-order valence-corrected chi connectivity index (χ4v) is 3.54. The van der Waals surface area contributed by atoms with E-state index in [0.717, 1.165) is 0 Å². The molecule has 2 rings (SSSR count). The minimum atomic E-state index is -1.60. The number of aliphatic hydroxyl groups is 1. The highest BCUT2D eigenvalue weighted by atomic mass is 35.5. The molecule has 0 aromatic heterocycles. The molecule has 2 N–H and O–H groups in total. The molecule has 0 bridgehead atoms. The summed E-state index contributed by atoms with van der Waals surface area (Å²) >= 11 is 7.55. The third-order valence-electron chi connectivity index (χ3n) is 4.13. The molecule has 2 aromatic rings. The molecule has 1 atom stereocenters. The van der Waals surface area contributed by atoms with Gasteiger partial charge in [0.15, 0.2) is 17.5 Å². The van der Waals surface area contributed by atoms with Crippen LogP contribution in [0.15, 0.2) is 35.2 Å². The van der Waals surface area contributed by atoms with Crippen LogP contribution in [0.2, 0.25) is 5.02 Å². The number of rotatable bonds is 6. The molecule has 0 spiro atoms. The predicted octanol–water partition coefficient (Wildman–Crippen LogP) is 5.51. The number of halogens is 4. The van der Waals surface area contributed by atoms with Gasteiger partial charge in [0.1, 0.15) is 0 Å². The highest BCUT2D eigenvalue weighted by molar-refractivity contribution is 7.99. The molecule has 0 heterocycles. The minimum absolute atomic E-state index is 0.0267. The lowest BCUT2D eigenvalue weighted by Gasteiger charge is -2.25. The molecule has 1 unspecified atom stereocenters. The van der Waals surface area contributed by atoms with Crippen molar-refractivity contribution in [1.29, 1.82) is 0 Å². The molecule has 0 aliphatic carbocycles. The zero-order chi connectivity index (χ0) is 20.4. The van der Waals surface area contributed by atoms with Crippen LogP contribution in [-0.4, -0.2) is 22.4 Å². The van der Waals surface area contributed by atoms with Crippen LogP contribution in [0.4, 0.5) is 18.9 Å². The Morgan fingerprint density at radius 1 is 1.22 bits per heavy atom. The number of thioether (sulfide) groups is 1. The van der Waals surface area contributed by atoms with Crippen LogP contribution < -0.4 is 5.32 Å². The Hall–Kier alpha value is -1.70. The first kappa shape index (κ1) is 21.6. The summed E-state index contributed by atoms with van der Waals surface area (Å²) in [4.78, 5) is 13.0. The average Bonchev–Trinajstić information content (AvgIpc) is 2.57. The summed E-state index contributed by atoms with van der Waals surface area (Å²) < 4.78 is 39.6. The summed E-state index contributed by atoms with van der Waals surface area (Å²) in [6, 6.07) is 5.96. The van der Waals surface area contributed by atoms with Crippen molar-refractivity contribution < 1.29 is 23.1 Å². The Morgan fingerprint density at radius 2 is 1.81 bits per heavy atom. The van der Waals surface area contributed by atoms with Gasteiger partial charge in [-0.15, -0.1) is 11.8 Å². The Morgan fingerprint density at radius 3 is 2.37 bits per heavy atom. The van der Waals surface area contributed by atoms with Gasteiger partial charge in [0.2, 0.25) is 0 Å². The molecule has 0 radical (unpaired) electrons. The monoisotopic (exact) mass is 417 g/mol. The van der Waals surface area contributed by atoms with Gasteiger partial charge in [0.05, 0.1) is 10.6 Å². The van der Waals surface area contributed by atoms with E-state index >= 15 is 0 Å². The summed E-state index contributed by atoms with van der Waals surface area (Å²) in [6.45, 7) is 5.32. The molecule has 27 heavy (non-hydrogen) atoms. The second-order valence-corrected chi connectivity index (χ2v) is 8.19. The average molecular weight is 418 g/mol. The molecular weight excluding hydrogens is 399 g/mol. The van der Waals surface area contributed by atoms with Crippen molar-refractivity contribution in [1.82, 2.24) is 0 Å². The van der Waals surface area contributed by atoms with E-state index in [-0.39, 0.29) is 17.2 Å². The molecule has 0 fully saturated rings.